The Labute approximate surface area is 144 Å². The fraction of sp³-hybridized carbons (Fsp3) is 0.900. The van der Waals surface area contributed by atoms with Gasteiger partial charge in [0.2, 0.25) is 0 Å². The van der Waals surface area contributed by atoms with E-state index < -0.39 is 11.0 Å². The number of Topliss-reactive ketones (excluding diaryl/α,β-unsaturated/α-hetero) is 2. The Morgan fingerprint density at radius 3 is 2.58 bits per heavy atom. The number of carbonyl (C=O) groups excluding carboxylic acids is 2. The van der Waals surface area contributed by atoms with Crippen molar-refractivity contribution < 1.29 is 19.8 Å². The van der Waals surface area contributed by atoms with E-state index in [0.717, 1.165) is 25.7 Å². The molecule has 4 aliphatic rings. The minimum atomic E-state index is -1.07. The minimum absolute atomic E-state index is 0.00629. The van der Waals surface area contributed by atoms with Gasteiger partial charge in [0.1, 0.15) is 11.6 Å². The summed E-state index contributed by atoms with van der Waals surface area (Å²) in [6.07, 6.45) is 5.56. The van der Waals surface area contributed by atoms with Crippen LogP contribution in [0.1, 0.15) is 65.2 Å². The SMILES string of the molecule is C[C@@H]1C[C@@H]2[C@H](CC[C@]3(C)C(=O)CC[C@@H]23)[C@@]2(CO)CCC(=O)C[C@]12O. The van der Waals surface area contributed by atoms with Crippen molar-refractivity contribution in [3.05, 3.63) is 0 Å². The maximum absolute atomic E-state index is 12.5. The van der Waals surface area contributed by atoms with Gasteiger partial charge in [0.15, 0.2) is 0 Å². The summed E-state index contributed by atoms with van der Waals surface area (Å²) < 4.78 is 0. The van der Waals surface area contributed by atoms with Gasteiger partial charge in [-0.3, -0.25) is 9.59 Å². The summed E-state index contributed by atoms with van der Waals surface area (Å²) in [5.74, 6) is 1.55. The van der Waals surface area contributed by atoms with Gasteiger partial charge in [-0.1, -0.05) is 13.8 Å². The van der Waals surface area contributed by atoms with Crippen molar-refractivity contribution >= 4 is 11.6 Å². The zero-order valence-electron chi connectivity index (χ0n) is 14.9. The molecule has 4 saturated carbocycles. The smallest absolute Gasteiger partial charge is 0.139 e. The molecule has 4 fully saturated rings. The zero-order valence-corrected chi connectivity index (χ0v) is 14.9. The first-order chi connectivity index (χ1) is 11.3. The summed E-state index contributed by atoms with van der Waals surface area (Å²) >= 11 is 0. The number of carbonyl (C=O) groups is 2. The molecule has 2 N–H and O–H groups in total. The van der Waals surface area contributed by atoms with E-state index in [-0.39, 0.29) is 36.1 Å². The van der Waals surface area contributed by atoms with Crippen LogP contribution in [0.2, 0.25) is 0 Å². The normalized spacial score (nSPS) is 54.2. The number of hydrogen-bond donors (Lipinski definition) is 2. The molecular formula is C20H30O4. The number of rotatable bonds is 1. The maximum Gasteiger partial charge on any atom is 0.139 e. The molecule has 4 heteroatoms. The first kappa shape index (κ1) is 16.7. The van der Waals surface area contributed by atoms with Gasteiger partial charge in [0.25, 0.3) is 0 Å². The Bertz CT molecular complexity index is 586. The first-order valence-corrected chi connectivity index (χ1v) is 9.67. The summed E-state index contributed by atoms with van der Waals surface area (Å²) in [6, 6.07) is 0. The minimum Gasteiger partial charge on any atom is -0.396 e. The van der Waals surface area contributed by atoms with Crippen LogP contribution >= 0.6 is 0 Å². The zero-order chi connectivity index (χ0) is 17.3. The van der Waals surface area contributed by atoms with Gasteiger partial charge in [-0.05, 0) is 55.8 Å². The first-order valence-electron chi connectivity index (χ1n) is 9.67. The molecule has 0 unspecified atom stereocenters. The van der Waals surface area contributed by atoms with Crippen LogP contribution in [0.25, 0.3) is 0 Å². The van der Waals surface area contributed by atoms with Crippen LogP contribution in [-0.4, -0.2) is 34.0 Å². The van der Waals surface area contributed by atoms with E-state index in [1.54, 1.807) is 0 Å². The quantitative estimate of drug-likeness (QED) is 0.773. The molecule has 0 radical (unpaired) electrons. The second-order valence-corrected chi connectivity index (χ2v) is 9.39. The lowest BCUT2D eigenvalue weighted by Gasteiger charge is -2.65. The van der Waals surface area contributed by atoms with Gasteiger partial charge in [0, 0.05) is 30.1 Å². The summed E-state index contributed by atoms with van der Waals surface area (Å²) in [5.41, 5.74) is -1.83. The highest BCUT2D eigenvalue weighted by molar-refractivity contribution is 5.87. The largest absolute Gasteiger partial charge is 0.396 e. The van der Waals surface area contributed by atoms with E-state index in [4.69, 9.17) is 0 Å². The monoisotopic (exact) mass is 334 g/mol. The van der Waals surface area contributed by atoms with Crippen LogP contribution in [0, 0.1) is 34.5 Å². The van der Waals surface area contributed by atoms with Gasteiger partial charge in [-0.2, -0.15) is 0 Å². The van der Waals surface area contributed by atoms with Crippen molar-refractivity contribution in [2.24, 2.45) is 34.5 Å². The van der Waals surface area contributed by atoms with Crippen LogP contribution < -0.4 is 0 Å². The molecular weight excluding hydrogens is 304 g/mol. The lowest BCUT2D eigenvalue weighted by molar-refractivity contribution is -0.243. The molecule has 4 nitrogen and oxygen atoms in total. The van der Waals surface area contributed by atoms with E-state index >= 15 is 0 Å². The molecule has 134 valence electrons. The molecule has 0 heterocycles. The molecule has 0 aromatic rings. The standard InChI is InChI=1S/C20H30O4/c1-12-9-14-15-3-4-17(23)18(15,2)7-6-16(14)19(11-21)8-5-13(22)10-20(12,19)24/h12,14-16,21,24H,3-11H2,1-2H3/t12-,14+,15+,16+,18+,19+,20+/m1/s1. The summed E-state index contributed by atoms with van der Waals surface area (Å²) in [5, 5.41) is 21.9. The Morgan fingerprint density at radius 2 is 1.88 bits per heavy atom. The van der Waals surface area contributed by atoms with Crippen LogP contribution in [0.15, 0.2) is 0 Å². The Balaban J connectivity index is 1.77. The fourth-order valence-corrected chi connectivity index (χ4v) is 7.33. The number of aliphatic hydroxyl groups excluding tert-OH is 1. The van der Waals surface area contributed by atoms with Crippen molar-refractivity contribution in [2.45, 2.75) is 70.8 Å². The van der Waals surface area contributed by atoms with Gasteiger partial charge in [-0.15, -0.1) is 0 Å². The number of hydrogen-bond acceptors (Lipinski definition) is 4. The van der Waals surface area contributed by atoms with E-state index in [1.807, 2.05) is 6.92 Å². The molecule has 0 aromatic carbocycles. The summed E-state index contributed by atoms with van der Waals surface area (Å²) in [6.45, 7) is 4.15. The van der Waals surface area contributed by atoms with Crippen LogP contribution in [-0.2, 0) is 9.59 Å². The van der Waals surface area contributed by atoms with E-state index in [1.165, 1.54) is 0 Å². The van der Waals surface area contributed by atoms with Gasteiger partial charge < -0.3 is 10.2 Å². The van der Waals surface area contributed by atoms with Gasteiger partial charge in [-0.25, -0.2) is 0 Å². The molecule has 7 atom stereocenters. The molecule has 0 saturated heterocycles. The highest BCUT2D eigenvalue weighted by Gasteiger charge is 2.68. The Morgan fingerprint density at radius 1 is 1.12 bits per heavy atom. The topological polar surface area (TPSA) is 74.6 Å². The van der Waals surface area contributed by atoms with Gasteiger partial charge in [0.05, 0.1) is 12.2 Å². The molecule has 0 aromatic heterocycles. The molecule has 4 rings (SSSR count). The van der Waals surface area contributed by atoms with Crippen molar-refractivity contribution in [1.29, 1.82) is 0 Å². The second kappa shape index (κ2) is 5.14. The average Bonchev–Trinajstić information content (AvgIpc) is 2.84. The molecule has 24 heavy (non-hydrogen) atoms. The van der Waals surface area contributed by atoms with Crippen molar-refractivity contribution in [2.75, 3.05) is 6.61 Å². The molecule has 0 spiro atoms. The number of fused-ring (bicyclic) bond motifs is 5. The summed E-state index contributed by atoms with van der Waals surface area (Å²) in [7, 11) is 0. The third-order valence-corrected chi connectivity index (χ3v) is 8.76. The van der Waals surface area contributed by atoms with Crippen molar-refractivity contribution in [3.63, 3.8) is 0 Å². The maximum atomic E-state index is 12.5. The van der Waals surface area contributed by atoms with Crippen LogP contribution in [0.5, 0.6) is 0 Å². The van der Waals surface area contributed by atoms with E-state index in [9.17, 15) is 19.8 Å². The predicted molar refractivity (Wildman–Crippen MR) is 89.2 cm³/mol. The number of aliphatic hydroxyl groups is 2. The van der Waals surface area contributed by atoms with Crippen molar-refractivity contribution in [1.82, 2.24) is 0 Å². The predicted octanol–water partition coefficient (Wildman–Crippen LogP) is 2.50. The molecule has 0 amide bonds. The average molecular weight is 334 g/mol. The molecule has 4 aliphatic carbocycles. The van der Waals surface area contributed by atoms with E-state index in [2.05, 4.69) is 6.92 Å². The van der Waals surface area contributed by atoms with Gasteiger partial charge >= 0.3 is 0 Å². The lowest BCUT2D eigenvalue weighted by atomic mass is 9.41. The lowest BCUT2D eigenvalue weighted by Crippen LogP contribution is -2.68. The second-order valence-electron chi connectivity index (χ2n) is 9.39. The molecule has 0 aliphatic heterocycles. The molecule has 0 bridgehead atoms. The van der Waals surface area contributed by atoms with Crippen LogP contribution in [0.4, 0.5) is 0 Å². The summed E-state index contributed by atoms with van der Waals surface area (Å²) in [4.78, 5) is 24.6. The Hall–Kier alpha value is -0.740. The highest BCUT2D eigenvalue weighted by Crippen LogP contribution is 2.67. The number of ketones is 2. The Kier molecular flexibility index (Phi) is 3.58. The highest BCUT2D eigenvalue weighted by atomic mass is 16.3. The van der Waals surface area contributed by atoms with E-state index in [0.29, 0.717) is 36.9 Å². The fourth-order valence-electron chi connectivity index (χ4n) is 7.33. The third kappa shape index (κ3) is 1.82. The van der Waals surface area contributed by atoms with Crippen molar-refractivity contribution in [3.8, 4) is 0 Å². The third-order valence-electron chi connectivity index (χ3n) is 8.76. The van der Waals surface area contributed by atoms with Crippen LogP contribution in [0.3, 0.4) is 0 Å².